The van der Waals surface area contributed by atoms with Crippen LogP contribution in [0.4, 0.5) is 11.4 Å². The van der Waals surface area contributed by atoms with E-state index in [1.807, 2.05) is 19.9 Å². The molecular weight excluding hydrogens is 380 g/mol. The third-order valence-corrected chi connectivity index (χ3v) is 3.89. The van der Waals surface area contributed by atoms with E-state index in [1.54, 1.807) is 12.1 Å². The molecule has 0 aromatic heterocycles. The number of nitrogens with one attached hydrogen (secondary N) is 1. The van der Waals surface area contributed by atoms with E-state index in [0.29, 0.717) is 5.75 Å². The van der Waals surface area contributed by atoms with Gasteiger partial charge in [-0.25, -0.2) is 4.79 Å². The molecule has 0 saturated heterocycles. The van der Waals surface area contributed by atoms with Gasteiger partial charge in [0.25, 0.3) is 11.6 Å². The summed E-state index contributed by atoms with van der Waals surface area (Å²) in [6.45, 7) is 4.80. The van der Waals surface area contributed by atoms with E-state index in [1.165, 1.54) is 32.2 Å². The number of methoxy groups -OCH3 is 1. The minimum absolute atomic E-state index is 0.0322. The van der Waals surface area contributed by atoms with Crippen molar-refractivity contribution in [3.63, 3.8) is 0 Å². The normalized spacial score (nSPS) is 11.3. The molecule has 0 radical (unpaired) electrons. The molecule has 1 atom stereocenters. The molecule has 0 fully saturated rings. The molecule has 29 heavy (non-hydrogen) atoms. The highest BCUT2D eigenvalue weighted by atomic mass is 16.6. The number of benzene rings is 2. The van der Waals surface area contributed by atoms with E-state index in [2.05, 4.69) is 5.32 Å². The van der Waals surface area contributed by atoms with Crippen LogP contribution in [0.3, 0.4) is 0 Å². The Balaban J connectivity index is 1.95. The number of esters is 1. The quantitative estimate of drug-likeness (QED) is 0.409. The average Bonchev–Trinajstić information content (AvgIpc) is 2.65. The third kappa shape index (κ3) is 6.20. The number of nitrogens with zero attached hydrogens (tertiary/aromatic N) is 1. The fraction of sp³-hybridized carbons (Fsp3) is 0.300. The van der Waals surface area contributed by atoms with Gasteiger partial charge < -0.3 is 19.5 Å². The van der Waals surface area contributed by atoms with Gasteiger partial charge in [-0.05, 0) is 56.2 Å². The van der Waals surface area contributed by atoms with Crippen LogP contribution in [0.1, 0.15) is 18.1 Å². The van der Waals surface area contributed by atoms with Gasteiger partial charge in [0.15, 0.2) is 12.7 Å². The van der Waals surface area contributed by atoms with Crippen molar-refractivity contribution in [1.29, 1.82) is 0 Å². The van der Waals surface area contributed by atoms with E-state index < -0.39 is 22.9 Å². The number of hydrogen-bond acceptors (Lipinski definition) is 7. The van der Waals surface area contributed by atoms with Crippen LogP contribution in [-0.4, -0.2) is 36.6 Å². The molecular formula is C20H22N2O7. The van der Waals surface area contributed by atoms with Gasteiger partial charge in [-0.3, -0.25) is 14.9 Å². The van der Waals surface area contributed by atoms with Crippen molar-refractivity contribution in [3.05, 3.63) is 57.6 Å². The minimum Gasteiger partial charge on any atom is -0.496 e. The Kier molecular flexibility index (Phi) is 7.13. The second kappa shape index (κ2) is 9.54. The Morgan fingerprint density at radius 1 is 1.10 bits per heavy atom. The predicted octanol–water partition coefficient (Wildman–Crippen LogP) is 3.17. The molecule has 2 aromatic rings. The van der Waals surface area contributed by atoms with Crippen molar-refractivity contribution in [2.24, 2.45) is 0 Å². The van der Waals surface area contributed by atoms with E-state index in [-0.39, 0.29) is 23.7 Å². The summed E-state index contributed by atoms with van der Waals surface area (Å²) in [6, 6.07) is 9.52. The SMILES string of the molecule is COc1ccc(NC(=O)C(C)OC(=O)COc2cc(C)cc(C)c2)c([N+](=O)[O-])c1. The first-order chi connectivity index (χ1) is 13.7. The molecule has 0 aliphatic carbocycles. The first-order valence-electron chi connectivity index (χ1n) is 8.73. The molecule has 0 aliphatic heterocycles. The Morgan fingerprint density at radius 3 is 2.34 bits per heavy atom. The topological polar surface area (TPSA) is 117 Å². The van der Waals surface area contributed by atoms with Crippen LogP contribution in [0.15, 0.2) is 36.4 Å². The number of nitro benzene ring substituents is 1. The molecule has 1 amide bonds. The number of aryl methyl sites for hydroxylation is 2. The standard InChI is InChI=1S/C20H22N2O7/c1-12-7-13(2)9-16(8-12)28-11-19(23)29-14(3)20(24)21-17-6-5-15(27-4)10-18(17)22(25)26/h5-10,14H,11H2,1-4H3,(H,21,24). The fourth-order valence-corrected chi connectivity index (χ4v) is 2.57. The van der Waals surface area contributed by atoms with Crippen molar-refractivity contribution in [3.8, 4) is 11.5 Å². The number of carbonyl (C=O) groups excluding carboxylic acids is 2. The third-order valence-electron chi connectivity index (χ3n) is 3.89. The van der Waals surface area contributed by atoms with Gasteiger partial charge >= 0.3 is 5.97 Å². The maximum Gasteiger partial charge on any atom is 0.344 e. The van der Waals surface area contributed by atoms with E-state index in [0.717, 1.165) is 11.1 Å². The molecule has 2 aromatic carbocycles. The maximum absolute atomic E-state index is 12.3. The Labute approximate surface area is 167 Å². The molecule has 2 rings (SSSR count). The highest BCUT2D eigenvalue weighted by Crippen LogP contribution is 2.29. The lowest BCUT2D eigenvalue weighted by molar-refractivity contribution is -0.384. The molecule has 0 bridgehead atoms. The van der Waals surface area contributed by atoms with E-state index in [4.69, 9.17) is 14.2 Å². The summed E-state index contributed by atoms with van der Waals surface area (Å²) in [6.07, 6.45) is -1.17. The van der Waals surface area contributed by atoms with Crippen molar-refractivity contribution in [1.82, 2.24) is 0 Å². The number of hydrogen-bond donors (Lipinski definition) is 1. The lowest BCUT2D eigenvalue weighted by atomic mass is 10.1. The smallest absolute Gasteiger partial charge is 0.344 e. The Morgan fingerprint density at radius 2 is 1.76 bits per heavy atom. The molecule has 0 heterocycles. The van der Waals surface area contributed by atoms with Crippen LogP contribution >= 0.6 is 0 Å². The van der Waals surface area contributed by atoms with Crippen molar-refractivity contribution < 1.29 is 28.7 Å². The van der Waals surface area contributed by atoms with Gasteiger partial charge in [0.05, 0.1) is 18.1 Å². The number of carbonyl (C=O) groups is 2. The highest BCUT2D eigenvalue weighted by molar-refractivity contribution is 5.97. The summed E-state index contributed by atoms with van der Waals surface area (Å²) < 4.78 is 15.4. The predicted molar refractivity (Wildman–Crippen MR) is 105 cm³/mol. The van der Waals surface area contributed by atoms with E-state index >= 15 is 0 Å². The minimum atomic E-state index is -1.17. The lowest BCUT2D eigenvalue weighted by Gasteiger charge is -2.14. The summed E-state index contributed by atoms with van der Waals surface area (Å²) in [5.41, 5.74) is 1.61. The largest absolute Gasteiger partial charge is 0.496 e. The number of amides is 1. The second-order valence-corrected chi connectivity index (χ2v) is 6.37. The first-order valence-corrected chi connectivity index (χ1v) is 8.73. The van der Waals surface area contributed by atoms with Gasteiger partial charge in [0.1, 0.15) is 17.2 Å². The number of nitro groups is 1. The molecule has 154 valence electrons. The van der Waals surface area contributed by atoms with Crippen molar-refractivity contribution in [2.45, 2.75) is 26.9 Å². The summed E-state index contributed by atoms with van der Waals surface area (Å²) >= 11 is 0. The Hall–Kier alpha value is -3.62. The van der Waals surface area contributed by atoms with Crippen LogP contribution in [0.25, 0.3) is 0 Å². The van der Waals surface area contributed by atoms with Crippen LogP contribution in [0.2, 0.25) is 0 Å². The van der Waals surface area contributed by atoms with Gasteiger partial charge in [-0.15, -0.1) is 0 Å². The monoisotopic (exact) mass is 402 g/mol. The number of ether oxygens (including phenoxy) is 3. The highest BCUT2D eigenvalue weighted by Gasteiger charge is 2.22. The molecule has 9 heteroatoms. The molecule has 0 aliphatic rings. The molecule has 0 spiro atoms. The summed E-state index contributed by atoms with van der Waals surface area (Å²) in [7, 11) is 1.37. The van der Waals surface area contributed by atoms with Crippen LogP contribution < -0.4 is 14.8 Å². The van der Waals surface area contributed by atoms with Gasteiger partial charge in [-0.1, -0.05) is 6.07 Å². The maximum atomic E-state index is 12.3. The summed E-state index contributed by atoms with van der Waals surface area (Å²) in [5.74, 6) is -0.655. The zero-order valence-electron chi connectivity index (χ0n) is 16.6. The second-order valence-electron chi connectivity index (χ2n) is 6.37. The van der Waals surface area contributed by atoms with Crippen molar-refractivity contribution in [2.75, 3.05) is 19.0 Å². The molecule has 1 unspecified atom stereocenters. The summed E-state index contributed by atoms with van der Waals surface area (Å²) in [5, 5.41) is 13.6. The van der Waals surface area contributed by atoms with Crippen LogP contribution in [0, 0.1) is 24.0 Å². The average molecular weight is 402 g/mol. The zero-order chi connectivity index (χ0) is 21.6. The number of anilines is 1. The first kappa shape index (κ1) is 21.7. The van der Waals surface area contributed by atoms with Crippen LogP contribution in [-0.2, 0) is 14.3 Å². The van der Waals surface area contributed by atoms with Crippen LogP contribution in [0.5, 0.6) is 11.5 Å². The number of rotatable bonds is 8. The fourth-order valence-electron chi connectivity index (χ4n) is 2.57. The molecule has 9 nitrogen and oxygen atoms in total. The summed E-state index contributed by atoms with van der Waals surface area (Å²) in [4.78, 5) is 34.8. The van der Waals surface area contributed by atoms with Gasteiger partial charge in [0.2, 0.25) is 0 Å². The lowest BCUT2D eigenvalue weighted by Crippen LogP contribution is -2.31. The van der Waals surface area contributed by atoms with Crippen molar-refractivity contribution >= 4 is 23.3 Å². The van der Waals surface area contributed by atoms with Gasteiger partial charge in [-0.2, -0.15) is 0 Å². The molecule has 0 saturated carbocycles. The zero-order valence-corrected chi connectivity index (χ0v) is 16.6. The van der Waals surface area contributed by atoms with E-state index in [9.17, 15) is 19.7 Å². The molecule has 1 N–H and O–H groups in total. The van der Waals surface area contributed by atoms with Gasteiger partial charge in [0, 0.05) is 0 Å². The Bertz CT molecular complexity index is 907.